The average molecular weight is 225 g/mol. The van der Waals surface area contributed by atoms with E-state index in [0.29, 0.717) is 13.2 Å². The summed E-state index contributed by atoms with van der Waals surface area (Å²) in [6.45, 7) is 0.822. The van der Waals surface area contributed by atoms with Crippen LogP contribution in [-0.2, 0) is 4.74 Å². The summed E-state index contributed by atoms with van der Waals surface area (Å²) in [7, 11) is 2.98. The molecular weight excluding hydrogens is 210 g/mol. The minimum atomic E-state index is -0.353. The Balaban J connectivity index is 2.75. The second-order valence-electron chi connectivity index (χ2n) is 3.11. The van der Waals surface area contributed by atoms with Crippen LogP contribution < -0.4 is 10.1 Å². The number of para-hydroxylation sites is 1. The molecule has 0 aliphatic heterocycles. The lowest BCUT2D eigenvalue weighted by atomic mass is 10.1. The minimum absolute atomic E-state index is 0.153. The topological polar surface area (TPSA) is 67.8 Å². The van der Waals surface area contributed by atoms with Crippen LogP contribution in [-0.4, -0.2) is 38.4 Å². The molecule has 16 heavy (non-hydrogen) atoms. The van der Waals surface area contributed by atoms with Crippen molar-refractivity contribution < 1.29 is 19.4 Å². The van der Waals surface area contributed by atoms with Crippen LogP contribution in [0.2, 0.25) is 0 Å². The monoisotopic (exact) mass is 225 g/mol. The van der Waals surface area contributed by atoms with Gasteiger partial charge in [-0.25, -0.2) is 0 Å². The van der Waals surface area contributed by atoms with Crippen molar-refractivity contribution in [1.29, 1.82) is 0 Å². The number of methoxy groups -OCH3 is 2. The molecule has 5 heteroatoms. The first-order valence-electron chi connectivity index (χ1n) is 4.83. The first-order valence-corrected chi connectivity index (χ1v) is 4.83. The van der Waals surface area contributed by atoms with Gasteiger partial charge in [-0.1, -0.05) is 6.07 Å². The van der Waals surface area contributed by atoms with Gasteiger partial charge in [0.1, 0.15) is 0 Å². The fraction of sp³-hybridized carbons (Fsp3) is 0.364. The van der Waals surface area contributed by atoms with E-state index in [-0.39, 0.29) is 23.0 Å². The predicted molar refractivity (Wildman–Crippen MR) is 58.9 cm³/mol. The predicted octanol–water partition coefficient (Wildman–Crippen LogP) is 0.777. The Morgan fingerprint density at radius 3 is 2.81 bits per heavy atom. The fourth-order valence-electron chi connectivity index (χ4n) is 1.23. The molecule has 0 aromatic heterocycles. The SMILES string of the molecule is COCCNC(=O)c1cccc(OC)c1O. The Kier molecular flexibility index (Phi) is 4.60. The van der Waals surface area contributed by atoms with E-state index in [0.717, 1.165) is 0 Å². The molecule has 0 fully saturated rings. The van der Waals surface area contributed by atoms with Gasteiger partial charge in [0.15, 0.2) is 11.5 Å². The number of amides is 1. The third kappa shape index (κ3) is 2.87. The summed E-state index contributed by atoms with van der Waals surface area (Å²) < 4.78 is 9.71. The summed E-state index contributed by atoms with van der Waals surface area (Å²) in [5, 5.41) is 12.3. The average Bonchev–Trinajstić information content (AvgIpc) is 2.29. The van der Waals surface area contributed by atoms with Crippen LogP contribution in [0.3, 0.4) is 0 Å². The van der Waals surface area contributed by atoms with E-state index in [2.05, 4.69) is 5.32 Å². The largest absolute Gasteiger partial charge is 0.504 e. The number of phenolic OH excluding ortho intramolecular Hbond substituents is 1. The van der Waals surface area contributed by atoms with Crippen LogP contribution in [0.5, 0.6) is 11.5 Å². The highest BCUT2D eigenvalue weighted by atomic mass is 16.5. The second kappa shape index (κ2) is 5.97. The Morgan fingerprint density at radius 2 is 2.19 bits per heavy atom. The van der Waals surface area contributed by atoms with Gasteiger partial charge in [0, 0.05) is 13.7 Å². The highest BCUT2D eigenvalue weighted by Gasteiger charge is 2.13. The number of benzene rings is 1. The molecule has 0 unspecified atom stereocenters. The third-order valence-electron chi connectivity index (χ3n) is 2.06. The fourth-order valence-corrected chi connectivity index (χ4v) is 1.23. The van der Waals surface area contributed by atoms with E-state index in [1.807, 2.05) is 0 Å². The molecule has 0 radical (unpaired) electrons. The summed E-state index contributed by atoms with van der Waals surface area (Å²) in [4.78, 5) is 11.6. The maximum atomic E-state index is 11.6. The molecule has 5 nitrogen and oxygen atoms in total. The first-order chi connectivity index (χ1) is 7.70. The quantitative estimate of drug-likeness (QED) is 0.726. The molecule has 0 aliphatic carbocycles. The van der Waals surface area contributed by atoms with Crippen molar-refractivity contribution in [3.05, 3.63) is 23.8 Å². The smallest absolute Gasteiger partial charge is 0.255 e. The molecule has 2 N–H and O–H groups in total. The molecule has 0 saturated heterocycles. The molecule has 1 aromatic rings. The molecule has 0 bridgehead atoms. The van der Waals surface area contributed by atoms with Gasteiger partial charge in [-0.15, -0.1) is 0 Å². The zero-order chi connectivity index (χ0) is 12.0. The highest BCUT2D eigenvalue weighted by molar-refractivity contribution is 5.97. The molecule has 88 valence electrons. The van der Waals surface area contributed by atoms with E-state index < -0.39 is 0 Å². The van der Waals surface area contributed by atoms with Crippen LogP contribution in [0.25, 0.3) is 0 Å². The molecule has 1 amide bonds. The molecule has 0 spiro atoms. The first kappa shape index (κ1) is 12.3. The van der Waals surface area contributed by atoms with Crippen molar-refractivity contribution in [2.75, 3.05) is 27.4 Å². The molecule has 1 aromatic carbocycles. The number of carbonyl (C=O) groups excluding carboxylic acids is 1. The Morgan fingerprint density at radius 1 is 1.44 bits per heavy atom. The van der Waals surface area contributed by atoms with E-state index in [1.54, 1.807) is 19.2 Å². The zero-order valence-corrected chi connectivity index (χ0v) is 9.32. The third-order valence-corrected chi connectivity index (χ3v) is 2.06. The van der Waals surface area contributed by atoms with Gasteiger partial charge in [-0.3, -0.25) is 4.79 Å². The maximum absolute atomic E-state index is 11.6. The van der Waals surface area contributed by atoms with Crippen LogP contribution >= 0.6 is 0 Å². The number of hydrogen-bond donors (Lipinski definition) is 2. The van der Waals surface area contributed by atoms with Gasteiger partial charge in [0.2, 0.25) is 0 Å². The highest BCUT2D eigenvalue weighted by Crippen LogP contribution is 2.28. The van der Waals surface area contributed by atoms with Gasteiger partial charge < -0.3 is 19.9 Å². The molecule has 0 aliphatic rings. The lowest BCUT2D eigenvalue weighted by Gasteiger charge is -2.08. The second-order valence-corrected chi connectivity index (χ2v) is 3.11. The Hall–Kier alpha value is -1.75. The lowest BCUT2D eigenvalue weighted by Crippen LogP contribution is -2.27. The van der Waals surface area contributed by atoms with Crippen molar-refractivity contribution in [2.45, 2.75) is 0 Å². The number of hydrogen-bond acceptors (Lipinski definition) is 4. The number of ether oxygens (including phenoxy) is 2. The number of phenols is 1. The van der Waals surface area contributed by atoms with Gasteiger partial charge in [0.25, 0.3) is 5.91 Å². The molecule has 0 atom stereocenters. The summed E-state index contributed by atoms with van der Waals surface area (Å²) >= 11 is 0. The Bertz CT molecular complexity index is 365. The van der Waals surface area contributed by atoms with Crippen LogP contribution in [0.15, 0.2) is 18.2 Å². The van der Waals surface area contributed by atoms with Gasteiger partial charge in [0.05, 0.1) is 19.3 Å². The maximum Gasteiger partial charge on any atom is 0.255 e. The standard InChI is InChI=1S/C11H15NO4/c1-15-7-6-12-11(14)8-4-3-5-9(16-2)10(8)13/h3-5,13H,6-7H2,1-2H3,(H,12,14). The van der Waals surface area contributed by atoms with Gasteiger partial charge in [-0.05, 0) is 12.1 Å². The van der Waals surface area contributed by atoms with Gasteiger partial charge >= 0.3 is 0 Å². The summed E-state index contributed by atoms with van der Waals surface area (Å²) in [5.74, 6) is -0.229. The van der Waals surface area contributed by atoms with Crippen molar-refractivity contribution in [3.8, 4) is 11.5 Å². The molecule has 0 saturated carbocycles. The Labute approximate surface area is 94.0 Å². The van der Waals surface area contributed by atoms with Gasteiger partial charge in [-0.2, -0.15) is 0 Å². The van der Waals surface area contributed by atoms with Crippen molar-refractivity contribution in [3.63, 3.8) is 0 Å². The summed E-state index contributed by atoms with van der Waals surface area (Å²) in [6, 6.07) is 4.76. The van der Waals surface area contributed by atoms with Crippen LogP contribution in [0.1, 0.15) is 10.4 Å². The van der Waals surface area contributed by atoms with Crippen LogP contribution in [0.4, 0.5) is 0 Å². The molecular formula is C11H15NO4. The van der Waals surface area contributed by atoms with Crippen molar-refractivity contribution in [1.82, 2.24) is 5.32 Å². The summed E-state index contributed by atoms with van der Waals surface area (Å²) in [5.41, 5.74) is 0.190. The molecule has 0 heterocycles. The zero-order valence-electron chi connectivity index (χ0n) is 9.32. The normalized spacial score (nSPS) is 9.88. The van der Waals surface area contributed by atoms with E-state index in [1.165, 1.54) is 13.2 Å². The van der Waals surface area contributed by atoms with E-state index >= 15 is 0 Å². The number of aromatic hydroxyl groups is 1. The van der Waals surface area contributed by atoms with Crippen molar-refractivity contribution in [2.24, 2.45) is 0 Å². The number of rotatable bonds is 5. The van der Waals surface area contributed by atoms with Crippen LogP contribution in [0, 0.1) is 0 Å². The number of carbonyl (C=O) groups is 1. The minimum Gasteiger partial charge on any atom is -0.504 e. The summed E-state index contributed by atoms with van der Waals surface area (Å²) in [6.07, 6.45) is 0. The molecule has 1 rings (SSSR count). The van der Waals surface area contributed by atoms with E-state index in [4.69, 9.17) is 9.47 Å². The number of nitrogens with one attached hydrogen (secondary N) is 1. The van der Waals surface area contributed by atoms with Crippen molar-refractivity contribution >= 4 is 5.91 Å². The lowest BCUT2D eigenvalue weighted by molar-refractivity contribution is 0.0934. The van der Waals surface area contributed by atoms with E-state index in [9.17, 15) is 9.90 Å².